The molecule has 0 spiro atoms. The van der Waals surface area contributed by atoms with Gasteiger partial charge in [0.05, 0.1) is 6.42 Å². The number of rotatable bonds is 14. The van der Waals surface area contributed by atoms with Gasteiger partial charge in [-0.15, -0.1) is 0 Å². The highest BCUT2D eigenvalue weighted by molar-refractivity contribution is 8.77. The lowest BCUT2D eigenvalue weighted by Gasteiger charge is -2.28. The van der Waals surface area contributed by atoms with Gasteiger partial charge in [0.25, 0.3) is 0 Å². The maximum absolute atomic E-state index is 13.0. The molecule has 0 radical (unpaired) electrons. The molecule has 0 aliphatic heterocycles. The smallest absolute Gasteiger partial charge is 0.171 e. The molecule has 0 saturated carbocycles. The van der Waals surface area contributed by atoms with E-state index < -0.39 is 12.6 Å². The van der Waals surface area contributed by atoms with Gasteiger partial charge in [-0.2, -0.15) is 13.2 Å². The molecule has 23 heavy (non-hydrogen) atoms. The van der Waals surface area contributed by atoms with E-state index in [2.05, 4.69) is 27.7 Å². The first-order chi connectivity index (χ1) is 10.8. The van der Waals surface area contributed by atoms with Gasteiger partial charge in [0.1, 0.15) is 0 Å². The van der Waals surface area contributed by atoms with Crippen LogP contribution < -0.4 is 0 Å². The van der Waals surface area contributed by atoms with E-state index >= 15 is 0 Å². The molecule has 0 rings (SSSR count). The normalized spacial score (nSPS) is 15.1. The topological polar surface area (TPSA) is 0 Å². The van der Waals surface area contributed by atoms with Crippen LogP contribution in [-0.4, -0.2) is 16.7 Å². The van der Waals surface area contributed by atoms with Gasteiger partial charge in [-0.25, -0.2) is 0 Å². The van der Waals surface area contributed by atoms with E-state index in [1.165, 1.54) is 23.6 Å². The molecular weight excluding hydrogens is 337 g/mol. The summed E-state index contributed by atoms with van der Waals surface area (Å²) in [5, 5.41) is 0.0769. The summed E-state index contributed by atoms with van der Waals surface area (Å²) >= 11 is 0. The number of hydrogen-bond acceptors (Lipinski definition) is 2. The first-order valence-electron chi connectivity index (χ1n) is 9.19. The maximum atomic E-state index is 13.0. The summed E-state index contributed by atoms with van der Waals surface area (Å²) < 4.78 is 39.0. The molecule has 0 aromatic rings. The van der Waals surface area contributed by atoms with Crippen LogP contribution in [0.4, 0.5) is 13.2 Å². The zero-order valence-electron chi connectivity index (χ0n) is 15.3. The van der Waals surface area contributed by atoms with E-state index in [4.69, 9.17) is 0 Å². The van der Waals surface area contributed by atoms with Crippen molar-refractivity contribution in [1.29, 1.82) is 0 Å². The molecule has 0 saturated heterocycles. The quantitative estimate of drug-likeness (QED) is 0.222. The Morgan fingerprint density at radius 3 is 1.78 bits per heavy atom. The van der Waals surface area contributed by atoms with Gasteiger partial charge in [0, 0.05) is 10.5 Å². The summed E-state index contributed by atoms with van der Waals surface area (Å²) in [4.78, 5) is 0. The molecule has 0 aromatic heterocycles. The fraction of sp³-hybridized carbons (Fsp3) is 1.00. The third-order valence-electron chi connectivity index (χ3n) is 3.94. The van der Waals surface area contributed by atoms with E-state index in [0.29, 0.717) is 5.25 Å². The van der Waals surface area contributed by atoms with E-state index in [1.54, 1.807) is 10.8 Å². The standard InChI is InChI=1S/C18H35F3S2/c1-5-7-9-11-13-16(12-10-8-6-2)17(14-18(19,20)21)23-22-15(3)4/h15-17H,5-14H2,1-4H3/t16?,17-/m0/s1. The lowest BCUT2D eigenvalue weighted by molar-refractivity contribution is -0.136. The molecule has 0 N–H and O–H groups in total. The second-order valence-corrected chi connectivity index (χ2v) is 9.79. The highest BCUT2D eigenvalue weighted by Gasteiger charge is 2.36. The Morgan fingerprint density at radius 2 is 1.30 bits per heavy atom. The summed E-state index contributed by atoms with van der Waals surface area (Å²) in [6.07, 6.45) is 5.13. The van der Waals surface area contributed by atoms with Crippen LogP contribution in [0.25, 0.3) is 0 Å². The molecule has 0 nitrogen and oxygen atoms in total. The van der Waals surface area contributed by atoms with Crippen LogP contribution in [0, 0.1) is 5.92 Å². The van der Waals surface area contributed by atoms with Gasteiger partial charge in [0.15, 0.2) is 0 Å². The van der Waals surface area contributed by atoms with Crippen molar-refractivity contribution in [2.75, 3.05) is 0 Å². The Balaban J connectivity index is 4.70. The Bertz CT molecular complexity index is 267. The van der Waals surface area contributed by atoms with Gasteiger partial charge in [-0.3, -0.25) is 0 Å². The van der Waals surface area contributed by atoms with Crippen molar-refractivity contribution in [3.05, 3.63) is 0 Å². The van der Waals surface area contributed by atoms with Crippen LogP contribution in [-0.2, 0) is 0 Å². The molecule has 1 unspecified atom stereocenters. The van der Waals surface area contributed by atoms with Crippen molar-refractivity contribution in [2.24, 2.45) is 5.92 Å². The third-order valence-corrected chi connectivity index (χ3v) is 7.46. The lowest BCUT2D eigenvalue weighted by atomic mass is 9.90. The largest absolute Gasteiger partial charge is 0.390 e. The Hall–Kier alpha value is 0.490. The molecule has 140 valence electrons. The minimum atomic E-state index is -4.05. The van der Waals surface area contributed by atoms with Crippen LogP contribution in [0.5, 0.6) is 0 Å². The van der Waals surface area contributed by atoms with Gasteiger partial charge in [0.2, 0.25) is 0 Å². The number of alkyl halides is 3. The first-order valence-corrected chi connectivity index (χ1v) is 11.5. The van der Waals surface area contributed by atoms with Crippen molar-refractivity contribution >= 4 is 21.6 Å². The van der Waals surface area contributed by atoms with E-state index in [-0.39, 0.29) is 11.2 Å². The second kappa shape index (κ2) is 13.7. The number of halogens is 3. The SMILES string of the molecule is CCCCCCC(CCCCC)[C@H](CC(F)(F)F)SSC(C)C. The maximum Gasteiger partial charge on any atom is 0.390 e. The highest BCUT2D eigenvalue weighted by Crippen LogP contribution is 2.43. The Morgan fingerprint density at radius 1 is 0.783 bits per heavy atom. The molecule has 0 aromatic carbocycles. The number of hydrogen-bond donors (Lipinski definition) is 0. The molecule has 0 aliphatic carbocycles. The molecular formula is C18H35F3S2. The summed E-state index contributed by atoms with van der Waals surface area (Å²) in [7, 11) is 3.09. The van der Waals surface area contributed by atoms with Crippen LogP contribution in [0.2, 0.25) is 0 Å². The van der Waals surface area contributed by atoms with Crippen molar-refractivity contribution < 1.29 is 13.2 Å². The fourth-order valence-corrected chi connectivity index (χ4v) is 5.52. The monoisotopic (exact) mass is 372 g/mol. The van der Waals surface area contributed by atoms with Crippen LogP contribution in [0.3, 0.4) is 0 Å². The molecule has 0 amide bonds. The van der Waals surface area contributed by atoms with Gasteiger partial charge in [-0.05, 0) is 18.8 Å². The van der Waals surface area contributed by atoms with Gasteiger partial charge >= 0.3 is 6.18 Å². The molecule has 0 heterocycles. The average Bonchev–Trinajstić information content (AvgIpc) is 2.45. The minimum absolute atomic E-state index is 0.205. The Labute approximate surface area is 149 Å². The van der Waals surface area contributed by atoms with Crippen LogP contribution >= 0.6 is 21.6 Å². The molecule has 0 bridgehead atoms. The zero-order valence-corrected chi connectivity index (χ0v) is 16.9. The molecule has 0 fully saturated rings. The predicted octanol–water partition coefficient (Wildman–Crippen LogP) is 8.26. The molecule has 5 heteroatoms. The van der Waals surface area contributed by atoms with Crippen LogP contribution in [0.15, 0.2) is 0 Å². The summed E-state index contributed by atoms with van der Waals surface area (Å²) in [6.45, 7) is 8.42. The summed E-state index contributed by atoms with van der Waals surface area (Å²) in [6, 6.07) is 0. The average molecular weight is 373 g/mol. The minimum Gasteiger partial charge on any atom is -0.171 e. The fourth-order valence-electron chi connectivity index (χ4n) is 2.70. The Kier molecular flexibility index (Phi) is 14.0. The van der Waals surface area contributed by atoms with Crippen molar-refractivity contribution in [3.8, 4) is 0 Å². The molecule has 2 atom stereocenters. The van der Waals surface area contributed by atoms with Gasteiger partial charge < -0.3 is 0 Å². The van der Waals surface area contributed by atoms with E-state index in [0.717, 1.165) is 44.9 Å². The first kappa shape index (κ1) is 23.5. The van der Waals surface area contributed by atoms with Crippen molar-refractivity contribution in [2.45, 2.75) is 109 Å². The zero-order chi connectivity index (χ0) is 17.7. The summed E-state index contributed by atoms with van der Waals surface area (Å²) in [5.41, 5.74) is 0. The second-order valence-electron chi connectivity index (χ2n) is 6.70. The highest BCUT2D eigenvalue weighted by atomic mass is 33.1. The van der Waals surface area contributed by atoms with Gasteiger partial charge in [-0.1, -0.05) is 94.2 Å². The summed E-state index contributed by atoms with van der Waals surface area (Å²) in [5.74, 6) is 0.205. The lowest BCUT2D eigenvalue weighted by Crippen LogP contribution is -2.25. The van der Waals surface area contributed by atoms with Crippen LogP contribution in [0.1, 0.15) is 91.9 Å². The number of unbranched alkanes of at least 4 members (excludes halogenated alkanes) is 5. The third kappa shape index (κ3) is 14.5. The van der Waals surface area contributed by atoms with E-state index in [9.17, 15) is 13.2 Å². The molecule has 0 aliphatic rings. The van der Waals surface area contributed by atoms with E-state index in [1.807, 2.05) is 0 Å². The predicted molar refractivity (Wildman–Crippen MR) is 101 cm³/mol. The van der Waals surface area contributed by atoms with Crippen molar-refractivity contribution in [1.82, 2.24) is 0 Å². The van der Waals surface area contributed by atoms with Crippen molar-refractivity contribution in [3.63, 3.8) is 0 Å².